The largest absolute Gasteiger partial charge is 0.469 e. The molecule has 1 aliphatic carbocycles. The Morgan fingerprint density at radius 1 is 0.897 bits per heavy atom. The fraction of sp³-hybridized carbons (Fsp3) is 0.208. The highest BCUT2D eigenvalue weighted by Crippen LogP contribution is 2.52. The molecule has 1 fully saturated rings. The third-order valence-corrected chi connectivity index (χ3v) is 8.18. The molecule has 1 aliphatic rings. The maximum absolute atomic E-state index is 14.5. The molecule has 0 spiro atoms. The predicted octanol–water partition coefficient (Wildman–Crippen LogP) is 4.06. The maximum Gasteiger partial charge on any atom is 0.309 e. The zero-order valence-corrected chi connectivity index (χ0v) is 17.2. The van der Waals surface area contributed by atoms with Crippen LogP contribution in [0.15, 0.2) is 91.0 Å². The van der Waals surface area contributed by atoms with E-state index in [-0.39, 0.29) is 23.8 Å². The molecule has 0 unspecified atom stereocenters. The highest BCUT2D eigenvalue weighted by Gasteiger charge is 2.50. The summed E-state index contributed by atoms with van der Waals surface area (Å²) >= 11 is 0. The minimum atomic E-state index is -3.13. The first-order chi connectivity index (χ1) is 14.1. The van der Waals surface area contributed by atoms with Gasteiger partial charge in [-0.1, -0.05) is 66.7 Å². The minimum Gasteiger partial charge on any atom is -0.469 e. The van der Waals surface area contributed by atoms with E-state index in [0.29, 0.717) is 0 Å². The van der Waals surface area contributed by atoms with Crippen molar-refractivity contribution in [1.29, 1.82) is 0 Å². The summed E-state index contributed by atoms with van der Waals surface area (Å²) in [4.78, 5) is 12.1. The molecule has 148 valence electrons. The molecular weight excluding hydrogens is 381 g/mol. The van der Waals surface area contributed by atoms with Gasteiger partial charge in [-0.15, -0.1) is 0 Å². The summed E-state index contributed by atoms with van der Waals surface area (Å²) < 4.78 is 19.4. The molecule has 4 nitrogen and oxygen atoms in total. The third kappa shape index (κ3) is 4.05. The van der Waals surface area contributed by atoms with E-state index in [9.17, 15) is 9.36 Å². The zero-order chi connectivity index (χ0) is 20.3. The summed E-state index contributed by atoms with van der Waals surface area (Å²) in [6.45, 7) is 0. The van der Waals surface area contributed by atoms with E-state index in [4.69, 9.17) is 4.74 Å². The Hall–Kier alpha value is -2.68. The van der Waals surface area contributed by atoms with Gasteiger partial charge in [-0.05, 0) is 42.2 Å². The zero-order valence-electron chi connectivity index (χ0n) is 16.3. The molecule has 0 radical (unpaired) electrons. The van der Waals surface area contributed by atoms with Gasteiger partial charge in [0.1, 0.15) is 0 Å². The van der Waals surface area contributed by atoms with Crippen molar-refractivity contribution in [3.63, 3.8) is 0 Å². The first kappa shape index (κ1) is 19.6. The fourth-order valence-electron chi connectivity index (χ4n) is 3.85. The molecule has 3 atom stereocenters. The summed E-state index contributed by atoms with van der Waals surface area (Å²) in [5, 5.41) is 5.00. The molecule has 4 rings (SSSR count). The number of benzene rings is 3. The molecule has 1 N–H and O–H groups in total. The van der Waals surface area contributed by atoms with Crippen LogP contribution in [0, 0.1) is 11.8 Å². The van der Waals surface area contributed by atoms with Gasteiger partial charge in [0.05, 0.1) is 13.0 Å². The maximum atomic E-state index is 14.5. The standard InChI is InChI=1S/C24H24NO3P/c1-28-24(26)22-17-21(22)23(18-11-5-2-6-12-18)25-29(27,19-13-7-3-8-14-19)20-15-9-4-10-16-20/h2-16,21-23H,17H2,1H3,(H,25,27)/t21-,22+,23-/m0/s1. The Morgan fingerprint density at radius 2 is 1.38 bits per heavy atom. The second-order valence-corrected chi connectivity index (χ2v) is 9.84. The van der Waals surface area contributed by atoms with Crippen molar-refractivity contribution in [1.82, 2.24) is 5.09 Å². The van der Waals surface area contributed by atoms with Crippen molar-refractivity contribution in [3.8, 4) is 0 Å². The Kier molecular flexibility index (Phi) is 5.66. The van der Waals surface area contributed by atoms with Crippen LogP contribution in [-0.2, 0) is 14.1 Å². The Labute approximate surface area is 171 Å². The van der Waals surface area contributed by atoms with Crippen molar-refractivity contribution >= 4 is 23.9 Å². The van der Waals surface area contributed by atoms with E-state index in [1.807, 2.05) is 91.0 Å². The van der Waals surface area contributed by atoms with E-state index in [2.05, 4.69) is 5.09 Å². The van der Waals surface area contributed by atoms with Gasteiger partial charge in [0.2, 0.25) is 7.29 Å². The van der Waals surface area contributed by atoms with Gasteiger partial charge >= 0.3 is 5.97 Å². The summed E-state index contributed by atoms with van der Waals surface area (Å²) in [5.74, 6) is -0.324. The second-order valence-electron chi connectivity index (χ2n) is 7.33. The number of hydrogen-bond donors (Lipinski definition) is 1. The number of rotatable bonds is 7. The summed E-state index contributed by atoms with van der Waals surface area (Å²) in [5.41, 5.74) is 1.02. The van der Waals surface area contributed by atoms with Gasteiger partial charge < -0.3 is 4.74 Å². The molecule has 0 aliphatic heterocycles. The van der Waals surface area contributed by atoms with Gasteiger partial charge in [-0.3, -0.25) is 14.4 Å². The number of methoxy groups -OCH3 is 1. The van der Waals surface area contributed by atoms with E-state index in [0.717, 1.165) is 22.6 Å². The first-order valence-electron chi connectivity index (χ1n) is 9.75. The van der Waals surface area contributed by atoms with Gasteiger partial charge in [0.15, 0.2) is 0 Å². The number of hydrogen-bond acceptors (Lipinski definition) is 3. The first-order valence-corrected chi connectivity index (χ1v) is 11.5. The molecule has 0 aromatic heterocycles. The molecule has 29 heavy (non-hydrogen) atoms. The number of ether oxygens (including phenoxy) is 1. The SMILES string of the molecule is COC(=O)[C@@H]1C[C@@H]1[C@@H](NP(=O)(c1ccccc1)c1ccccc1)c1ccccc1. The molecular formula is C24H24NO3P. The number of carbonyl (C=O) groups excluding carboxylic acids is 1. The van der Waals surface area contributed by atoms with Crippen LogP contribution in [0.5, 0.6) is 0 Å². The van der Waals surface area contributed by atoms with E-state index < -0.39 is 7.29 Å². The highest BCUT2D eigenvalue weighted by atomic mass is 31.2. The van der Waals surface area contributed by atoms with E-state index in [1.165, 1.54) is 7.11 Å². The van der Waals surface area contributed by atoms with Crippen LogP contribution >= 0.6 is 7.29 Å². The van der Waals surface area contributed by atoms with Crippen molar-refractivity contribution in [3.05, 3.63) is 96.6 Å². The van der Waals surface area contributed by atoms with Crippen molar-refractivity contribution in [2.75, 3.05) is 7.11 Å². The summed E-state index contributed by atoms with van der Waals surface area (Å²) in [6.07, 6.45) is 0.725. The predicted molar refractivity (Wildman–Crippen MR) is 116 cm³/mol. The average Bonchev–Trinajstić information content (AvgIpc) is 3.59. The van der Waals surface area contributed by atoms with Crippen molar-refractivity contribution in [2.24, 2.45) is 11.8 Å². The van der Waals surface area contributed by atoms with Crippen molar-refractivity contribution in [2.45, 2.75) is 12.5 Å². The average molecular weight is 405 g/mol. The highest BCUT2D eigenvalue weighted by molar-refractivity contribution is 7.76. The van der Waals surface area contributed by atoms with Gasteiger partial charge in [-0.25, -0.2) is 0 Å². The minimum absolute atomic E-state index is 0.0469. The van der Waals surface area contributed by atoms with Crippen LogP contribution in [-0.4, -0.2) is 13.1 Å². The van der Waals surface area contributed by atoms with Gasteiger partial charge in [0, 0.05) is 16.7 Å². The van der Waals surface area contributed by atoms with Crippen LogP contribution in [0.2, 0.25) is 0 Å². The van der Waals surface area contributed by atoms with Crippen LogP contribution < -0.4 is 15.7 Å². The number of esters is 1. The lowest BCUT2D eigenvalue weighted by Gasteiger charge is -2.27. The number of nitrogens with one attached hydrogen (secondary N) is 1. The topological polar surface area (TPSA) is 55.4 Å². The van der Waals surface area contributed by atoms with Gasteiger partial charge in [0.25, 0.3) is 0 Å². The Morgan fingerprint density at radius 3 is 1.86 bits per heavy atom. The van der Waals surface area contributed by atoms with Crippen LogP contribution in [0.1, 0.15) is 18.0 Å². The molecule has 0 heterocycles. The molecule has 0 saturated heterocycles. The molecule has 1 saturated carbocycles. The summed E-state index contributed by atoms with van der Waals surface area (Å²) in [6, 6.07) is 28.7. The smallest absolute Gasteiger partial charge is 0.309 e. The molecule has 0 bridgehead atoms. The quantitative estimate of drug-likeness (QED) is 0.476. The van der Waals surface area contributed by atoms with Crippen LogP contribution in [0.3, 0.4) is 0 Å². The Bertz CT molecular complexity index is 965. The summed E-state index contributed by atoms with van der Waals surface area (Å²) in [7, 11) is -1.71. The lowest BCUT2D eigenvalue weighted by atomic mass is 10.0. The second kappa shape index (κ2) is 8.36. The Balaban J connectivity index is 1.76. The third-order valence-electron chi connectivity index (χ3n) is 5.49. The van der Waals surface area contributed by atoms with E-state index >= 15 is 0 Å². The van der Waals surface area contributed by atoms with Crippen LogP contribution in [0.25, 0.3) is 0 Å². The lowest BCUT2D eigenvalue weighted by Crippen LogP contribution is -2.32. The molecule has 0 amide bonds. The molecule has 5 heteroatoms. The molecule has 3 aromatic rings. The molecule has 3 aromatic carbocycles. The lowest BCUT2D eigenvalue weighted by molar-refractivity contribution is -0.142. The monoisotopic (exact) mass is 405 g/mol. The normalized spacial score (nSPS) is 19.3. The van der Waals surface area contributed by atoms with Gasteiger partial charge in [-0.2, -0.15) is 0 Å². The van der Waals surface area contributed by atoms with Crippen LogP contribution in [0.4, 0.5) is 0 Å². The number of carbonyl (C=O) groups is 1. The fourth-order valence-corrected chi connectivity index (χ4v) is 6.37. The van der Waals surface area contributed by atoms with E-state index in [1.54, 1.807) is 0 Å². The van der Waals surface area contributed by atoms with Crippen molar-refractivity contribution < 1.29 is 14.1 Å².